The van der Waals surface area contributed by atoms with Crippen molar-refractivity contribution in [2.75, 3.05) is 52.5 Å². The van der Waals surface area contributed by atoms with Crippen LogP contribution in [0.25, 0.3) is 0 Å². The van der Waals surface area contributed by atoms with Gasteiger partial charge in [-0.25, -0.2) is 8.42 Å². The van der Waals surface area contributed by atoms with Gasteiger partial charge in [0.05, 0.1) is 18.1 Å². The number of hydrogen-bond donors (Lipinski definition) is 0. The van der Waals surface area contributed by atoms with Gasteiger partial charge in [-0.05, 0) is 48.1 Å². The number of carbonyl (C=O) groups is 1. The van der Waals surface area contributed by atoms with Gasteiger partial charge in [-0.2, -0.15) is 4.31 Å². The van der Waals surface area contributed by atoms with Gasteiger partial charge in [-0.3, -0.25) is 9.69 Å². The second kappa shape index (κ2) is 9.54. The Bertz CT molecular complexity index is 1090. The second-order valence-corrected chi connectivity index (χ2v) is 10.9. The molecule has 0 aromatic heterocycles. The van der Waals surface area contributed by atoms with Gasteiger partial charge in [0.2, 0.25) is 15.9 Å². The van der Waals surface area contributed by atoms with E-state index < -0.39 is 16.1 Å². The minimum absolute atomic E-state index is 0.0689. The largest absolute Gasteiger partial charge is 0.378 e. The van der Waals surface area contributed by atoms with Crippen LogP contribution in [-0.4, -0.2) is 80.9 Å². The molecule has 2 aliphatic heterocycles. The van der Waals surface area contributed by atoms with Gasteiger partial charge in [0.1, 0.15) is 6.04 Å². The highest BCUT2D eigenvalue weighted by Gasteiger charge is 2.36. The molecule has 3 aliphatic rings. The fourth-order valence-corrected chi connectivity index (χ4v) is 6.63. The summed E-state index contributed by atoms with van der Waals surface area (Å²) >= 11 is 0. The number of piperazine rings is 1. The third-order valence-corrected chi connectivity index (χ3v) is 8.91. The Labute approximate surface area is 196 Å². The molecule has 0 N–H and O–H groups in total. The summed E-state index contributed by atoms with van der Waals surface area (Å²) in [5, 5.41) is 0. The van der Waals surface area contributed by atoms with Gasteiger partial charge in [0.15, 0.2) is 0 Å². The molecule has 7 nitrogen and oxygen atoms in total. The zero-order valence-corrected chi connectivity index (χ0v) is 19.7. The van der Waals surface area contributed by atoms with Gasteiger partial charge in [0.25, 0.3) is 0 Å². The van der Waals surface area contributed by atoms with E-state index >= 15 is 0 Å². The van der Waals surface area contributed by atoms with Crippen molar-refractivity contribution in [3.8, 4) is 0 Å². The van der Waals surface area contributed by atoms with Gasteiger partial charge in [-0.1, -0.05) is 36.4 Å². The van der Waals surface area contributed by atoms with E-state index in [1.807, 2.05) is 47.4 Å². The van der Waals surface area contributed by atoms with Gasteiger partial charge in [-0.15, -0.1) is 0 Å². The highest BCUT2D eigenvalue weighted by molar-refractivity contribution is 7.89. The molecular weight excluding hydrogens is 438 g/mol. The lowest BCUT2D eigenvalue weighted by molar-refractivity contribution is -0.142. The molecule has 1 atom stereocenters. The molecule has 1 aliphatic carbocycles. The zero-order chi connectivity index (χ0) is 22.8. The van der Waals surface area contributed by atoms with Crippen molar-refractivity contribution in [1.82, 2.24) is 14.1 Å². The zero-order valence-electron chi connectivity index (χ0n) is 18.9. The summed E-state index contributed by atoms with van der Waals surface area (Å²) in [6, 6.07) is 15.0. The summed E-state index contributed by atoms with van der Waals surface area (Å²) in [5.74, 6) is 0.0689. The molecule has 5 rings (SSSR count). The van der Waals surface area contributed by atoms with Crippen molar-refractivity contribution in [2.45, 2.75) is 30.2 Å². The maximum atomic E-state index is 13.5. The average Bonchev–Trinajstić information content (AvgIpc) is 3.34. The molecule has 8 heteroatoms. The number of morpholine rings is 1. The Hall–Kier alpha value is -2.26. The van der Waals surface area contributed by atoms with Gasteiger partial charge in [0, 0.05) is 39.3 Å². The average molecular weight is 470 g/mol. The predicted molar refractivity (Wildman–Crippen MR) is 125 cm³/mol. The van der Waals surface area contributed by atoms with Crippen LogP contribution in [0.1, 0.15) is 29.2 Å². The summed E-state index contributed by atoms with van der Waals surface area (Å²) in [6.07, 6.45) is 3.08. The van der Waals surface area contributed by atoms with E-state index in [4.69, 9.17) is 4.74 Å². The lowest BCUT2D eigenvalue weighted by Crippen LogP contribution is -2.54. The Morgan fingerprint density at radius 2 is 1.55 bits per heavy atom. The number of ether oxygens (including phenoxy) is 1. The summed E-state index contributed by atoms with van der Waals surface area (Å²) in [5.41, 5.74) is 3.38. The molecule has 2 aromatic carbocycles. The lowest BCUT2D eigenvalue weighted by atomic mass is 10.0. The standard InChI is InChI=1S/C25H31N3O4S/c29-25(27-15-17-32-18-16-27)24(21-5-2-1-3-6-21)26-11-13-28(14-12-26)33(30,31)23-10-9-20-7-4-8-22(20)19-23/h1-3,5-6,9-10,19,24H,4,7-8,11-18H2/t24-/m1/s1. The topological polar surface area (TPSA) is 70.2 Å². The molecule has 2 saturated heterocycles. The molecular formula is C25H31N3O4S. The van der Waals surface area contributed by atoms with Crippen LogP contribution in [-0.2, 0) is 32.4 Å². The Kier molecular flexibility index (Phi) is 6.51. The van der Waals surface area contributed by atoms with E-state index in [2.05, 4.69) is 4.90 Å². The Balaban J connectivity index is 1.33. The molecule has 33 heavy (non-hydrogen) atoms. The van der Waals surface area contributed by atoms with Crippen LogP contribution in [0.5, 0.6) is 0 Å². The molecule has 0 saturated carbocycles. The number of amides is 1. The highest BCUT2D eigenvalue weighted by atomic mass is 32.2. The summed E-state index contributed by atoms with van der Waals surface area (Å²) < 4.78 is 33.7. The van der Waals surface area contributed by atoms with E-state index in [9.17, 15) is 13.2 Å². The first-order valence-corrected chi connectivity index (χ1v) is 13.3. The van der Waals surface area contributed by atoms with E-state index in [0.717, 1.165) is 30.4 Å². The van der Waals surface area contributed by atoms with Crippen molar-refractivity contribution in [1.29, 1.82) is 0 Å². The smallest absolute Gasteiger partial charge is 0.244 e. The first kappa shape index (κ1) is 22.5. The molecule has 0 unspecified atom stereocenters. The molecule has 1 amide bonds. The van der Waals surface area contributed by atoms with Crippen LogP contribution >= 0.6 is 0 Å². The number of carbonyl (C=O) groups excluding carboxylic acids is 1. The number of nitrogens with zero attached hydrogens (tertiary/aromatic N) is 3. The van der Waals surface area contributed by atoms with Crippen molar-refractivity contribution in [2.24, 2.45) is 0 Å². The fourth-order valence-electron chi connectivity index (χ4n) is 5.16. The van der Waals surface area contributed by atoms with Crippen LogP contribution in [0.15, 0.2) is 53.4 Å². The van der Waals surface area contributed by atoms with Gasteiger partial charge >= 0.3 is 0 Å². The number of benzene rings is 2. The molecule has 176 valence electrons. The SMILES string of the molecule is O=C([C@@H](c1ccccc1)N1CCN(S(=O)(=O)c2ccc3c(c2)CCC3)CC1)N1CCOCC1. The fraction of sp³-hybridized carbons (Fsp3) is 0.480. The van der Waals surface area contributed by atoms with Crippen LogP contribution in [0.2, 0.25) is 0 Å². The van der Waals surface area contributed by atoms with Crippen LogP contribution in [0.3, 0.4) is 0 Å². The number of fused-ring (bicyclic) bond motifs is 1. The number of sulfonamides is 1. The van der Waals surface area contributed by atoms with Gasteiger partial charge < -0.3 is 9.64 Å². The summed E-state index contributed by atoms with van der Waals surface area (Å²) in [6.45, 7) is 4.07. The van der Waals surface area contributed by atoms with E-state index in [1.165, 1.54) is 5.56 Å². The van der Waals surface area contributed by atoms with Crippen molar-refractivity contribution < 1.29 is 17.9 Å². The minimum Gasteiger partial charge on any atom is -0.378 e. The first-order chi connectivity index (χ1) is 16.0. The third kappa shape index (κ3) is 4.57. The number of aryl methyl sites for hydroxylation is 2. The maximum absolute atomic E-state index is 13.5. The maximum Gasteiger partial charge on any atom is 0.244 e. The first-order valence-electron chi connectivity index (χ1n) is 11.8. The highest BCUT2D eigenvalue weighted by Crippen LogP contribution is 2.29. The number of hydrogen-bond acceptors (Lipinski definition) is 5. The van der Waals surface area contributed by atoms with Crippen LogP contribution < -0.4 is 0 Å². The van der Waals surface area contributed by atoms with E-state index in [0.29, 0.717) is 57.4 Å². The molecule has 2 heterocycles. The quantitative estimate of drug-likeness (QED) is 0.671. The molecule has 2 fully saturated rings. The van der Waals surface area contributed by atoms with Crippen LogP contribution in [0.4, 0.5) is 0 Å². The van der Waals surface area contributed by atoms with Crippen molar-refractivity contribution in [3.63, 3.8) is 0 Å². The molecule has 0 spiro atoms. The van der Waals surface area contributed by atoms with E-state index in [1.54, 1.807) is 10.4 Å². The molecule has 0 bridgehead atoms. The van der Waals surface area contributed by atoms with E-state index in [-0.39, 0.29) is 5.91 Å². The summed E-state index contributed by atoms with van der Waals surface area (Å²) in [7, 11) is -3.54. The Morgan fingerprint density at radius 3 is 2.27 bits per heavy atom. The monoisotopic (exact) mass is 469 g/mol. The lowest BCUT2D eigenvalue weighted by Gasteiger charge is -2.40. The second-order valence-electron chi connectivity index (χ2n) is 8.98. The molecule has 2 aromatic rings. The van der Waals surface area contributed by atoms with Crippen LogP contribution in [0, 0.1) is 0 Å². The Morgan fingerprint density at radius 1 is 0.848 bits per heavy atom. The van der Waals surface area contributed by atoms with Crippen molar-refractivity contribution >= 4 is 15.9 Å². The molecule has 0 radical (unpaired) electrons. The number of rotatable bonds is 5. The minimum atomic E-state index is -3.54. The third-order valence-electron chi connectivity index (χ3n) is 7.02. The summed E-state index contributed by atoms with van der Waals surface area (Å²) in [4.78, 5) is 17.9. The van der Waals surface area contributed by atoms with Crippen molar-refractivity contribution in [3.05, 3.63) is 65.2 Å². The predicted octanol–water partition coefficient (Wildman–Crippen LogP) is 2.08. The normalized spacial score (nSPS) is 21.0.